The standard InChI is InChI=1S/C18H27N5OS/c1-6-11-20-16(24)12(2)25-17-22-21-15(23(17)19)13-7-9-14(10-8-13)18(3,4)5/h7-10,12H,6,11,19H2,1-5H3,(H,20,24)/t12-/m1/s1. The summed E-state index contributed by atoms with van der Waals surface area (Å²) >= 11 is 1.30. The zero-order valence-electron chi connectivity index (χ0n) is 15.5. The summed E-state index contributed by atoms with van der Waals surface area (Å²) in [5.41, 5.74) is 2.24. The molecule has 0 aliphatic rings. The lowest BCUT2D eigenvalue weighted by Gasteiger charge is -2.19. The van der Waals surface area contributed by atoms with E-state index in [1.807, 2.05) is 26.0 Å². The Balaban J connectivity index is 2.14. The number of carbonyl (C=O) groups is 1. The smallest absolute Gasteiger partial charge is 0.233 e. The van der Waals surface area contributed by atoms with Crippen LogP contribution in [0.3, 0.4) is 0 Å². The van der Waals surface area contributed by atoms with Gasteiger partial charge in [-0.15, -0.1) is 10.2 Å². The molecule has 1 aromatic heterocycles. The number of aromatic nitrogens is 3. The minimum atomic E-state index is -0.283. The van der Waals surface area contributed by atoms with Gasteiger partial charge in [0.15, 0.2) is 5.82 Å². The van der Waals surface area contributed by atoms with Gasteiger partial charge in [-0.1, -0.05) is 63.7 Å². The highest BCUT2D eigenvalue weighted by Crippen LogP contribution is 2.27. The Labute approximate surface area is 153 Å². The fourth-order valence-electron chi connectivity index (χ4n) is 2.28. The summed E-state index contributed by atoms with van der Waals surface area (Å²) in [5.74, 6) is 6.71. The van der Waals surface area contributed by atoms with Gasteiger partial charge in [-0.3, -0.25) is 4.79 Å². The molecule has 1 aromatic carbocycles. The molecule has 0 aliphatic carbocycles. The van der Waals surface area contributed by atoms with Crippen LogP contribution < -0.4 is 11.2 Å². The van der Waals surface area contributed by atoms with E-state index in [1.54, 1.807) is 0 Å². The number of nitrogens with zero attached hydrogens (tertiary/aromatic N) is 3. The molecule has 0 saturated heterocycles. The SMILES string of the molecule is CCCNC(=O)[C@@H](C)Sc1nnc(-c2ccc(C(C)(C)C)cc2)n1N. The Kier molecular flexibility index (Phi) is 6.11. The van der Waals surface area contributed by atoms with Crippen LogP contribution in [0.25, 0.3) is 11.4 Å². The minimum absolute atomic E-state index is 0.0223. The lowest BCUT2D eigenvalue weighted by Crippen LogP contribution is -2.31. The van der Waals surface area contributed by atoms with Crippen LogP contribution >= 0.6 is 11.8 Å². The van der Waals surface area contributed by atoms with Gasteiger partial charge < -0.3 is 11.2 Å². The van der Waals surface area contributed by atoms with Crippen molar-refractivity contribution in [2.45, 2.75) is 56.9 Å². The van der Waals surface area contributed by atoms with Crippen molar-refractivity contribution >= 4 is 17.7 Å². The Hall–Kier alpha value is -2.02. The first kappa shape index (κ1) is 19.3. The molecule has 0 fully saturated rings. The third-order valence-electron chi connectivity index (χ3n) is 3.87. The Morgan fingerprint density at radius 1 is 1.28 bits per heavy atom. The van der Waals surface area contributed by atoms with Crippen LogP contribution in [0.2, 0.25) is 0 Å². The largest absolute Gasteiger partial charge is 0.355 e. The van der Waals surface area contributed by atoms with Crippen LogP contribution in [0.1, 0.15) is 46.6 Å². The molecule has 0 saturated carbocycles. The number of thioether (sulfide) groups is 1. The molecule has 2 aromatic rings. The topological polar surface area (TPSA) is 85.8 Å². The van der Waals surface area contributed by atoms with Gasteiger partial charge >= 0.3 is 0 Å². The Morgan fingerprint density at radius 3 is 2.48 bits per heavy atom. The van der Waals surface area contributed by atoms with Crippen molar-refractivity contribution in [3.63, 3.8) is 0 Å². The van der Waals surface area contributed by atoms with E-state index in [9.17, 15) is 4.79 Å². The lowest BCUT2D eigenvalue weighted by atomic mass is 9.87. The van der Waals surface area contributed by atoms with Crippen LogP contribution in [0.5, 0.6) is 0 Å². The molecule has 1 heterocycles. The van der Waals surface area contributed by atoms with Crippen molar-refractivity contribution < 1.29 is 4.79 Å². The molecule has 0 unspecified atom stereocenters. The van der Waals surface area contributed by atoms with Gasteiger partial charge in [0.1, 0.15) is 0 Å². The second kappa shape index (κ2) is 7.91. The van der Waals surface area contributed by atoms with Crippen molar-refractivity contribution in [3.8, 4) is 11.4 Å². The van der Waals surface area contributed by atoms with Crippen LogP contribution in [0.4, 0.5) is 0 Å². The van der Waals surface area contributed by atoms with Crippen molar-refractivity contribution in [2.75, 3.05) is 12.4 Å². The van der Waals surface area contributed by atoms with Gasteiger partial charge in [0.25, 0.3) is 0 Å². The maximum absolute atomic E-state index is 12.0. The predicted molar refractivity (Wildman–Crippen MR) is 103 cm³/mol. The number of nitrogens with one attached hydrogen (secondary N) is 1. The summed E-state index contributed by atoms with van der Waals surface area (Å²) < 4.78 is 1.44. The predicted octanol–water partition coefficient (Wildman–Crippen LogP) is 2.96. The van der Waals surface area contributed by atoms with E-state index < -0.39 is 0 Å². The third-order valence-corrected chi connectivity index (χ3v) is 4.93. The number of nitrogen functional groups attached to an aromatic ring is 1. The summed E-state index contributed by atoms with van der Waals surface area (Å²) in [6, 6.07) is 8.16. The van der Waals surface area contributed by atoms with E-state index in [-0.39, 0.29) is 16.6 Å². The number of nitrogens with two attached hydrogens (primary N) is 1. The van der Waals surface area contributed by atoms with Crippen LogP contribution in [0, 0.1) is 0 Å². The van der Waals surface area contributed by atoms with Gasteiger partial charge in [-0.25, -0.2) is 4.68 Å². The van der Waals surface area contributed by atoms with Crippen LogP contribution in [-0.2, 0) is 10.2 Å². The average molecular weight is 362 g/mol. The van der Waals surface area contributed by atoms with Crippen LogP contribution in [0.15, 0.2) is 29.4 Å². The summed E-state index contributed by atoms with van der Waals surface area (Å²) in [5, 5.41) is 11.4. The number of carbonyl (C=O) groups excluding carboxylic acids is 1. The van der Waals surface area contributed by atoms with E-state index in [4.69, 9.17) is 5.84 Å². The van der Waals surface area contributed by atoms with Crippen molar-refractivity contribution in [3.05, 3.63) is 29.8 Å². The highest BCUT2D eigenvalue weighted by atomic mass is 32.2. The molecule has 1 atom stereocenters. The fraction of sp³-hybridized carbons (Fsp3) is 0.500. The molecule has 7 heteroatoms. The highest BCUT2D eigenvalue weighted by Gasteiger charge is 2.20. The molecule has 25 heavy (non-hydrogen) atoms. The molecular weight excluding hydrogens is 334 g/mol. The molecule has 136 valence electrons. The van der Waals surface area contributed by atoms with Gasteiger partial charge in [-0.2, -0.15) is 0 Å². The molecular formula is C18H27N5OS. The number of amides is 1. The summed E-state index contributed by atoms with van der Waals surface area (Å²) in [4.78, 5) is 12.0. The van der Waals surface area contributed by atoms with Gasteiger partial charge in [0, 0.05) is 12.1 Å². The van der Waals surface area contributed by atoms with Gasteiger partial charge in [0.05, 0.1) is 5.25 Å². The molecule has 2 rings (SSSR count). The fourth-order valence-corrected chi connectivity index (χ4v) is 3.07. The molecule has 0 spiro atoms. The van der Waals surface area contributed by atoms with E-state index in [0.29, 0.717) is 17.5 Å². The number of hydrogen-bond acceptors (Lipinski definition) is 5. The van der Waals surface area contributed by atoms with Gasteiger partial charge in [0.2, 0.25) is 11.1 Å². The van der Waals surface area contributed by atoms with E-state index in [2.05, 4.69) is 48.4 Å². The van der Waals surface area contributed by atoms with E-state index in [1.165, 1.54) is 22.0 Å². The first-order chi connectivity index (χ1) is 11.7. The maximum Gasteiger partial charge on any atom is 0.233 e. The zero-order chi connectivity index (χ0) is 18.6. The molecule has 0 aliphatic heterocycles. The minimum Gasteiger partial charge on any atom is -0.355 e. The second-order valence-electron chi connectivity index (χ2n) is 7.05. The Bertz CT molecular complexity index is 718. The molecule has 0 radical (unpaired) electrons. The highest BCUT2D eigenvalue weighted by molar-refractivity contribution is 8.00. The molecule has 0 bridgehead atoms. The maximum atomic E-state index is 12.0. The van der Waals surface area contributed by atoms with Crippen molar-refractivity contribution in [2.24, 2.45) is 0 Å². The first-order valence-electron chi connectivity index (χ1n) is 8.49. The lowest BCUT2D eigenvalue weighted by molar-refractivity contribution is -0.120. The quantitative estimate of drug-likeness (QED) is 0.610. The summed E-state index contributed by atoms with van der Waals surface area (Å²) in [7, 11) is 0. The van der Waals surface area contributed by atoms with E-state index >= 15 is 0 Å². The number of rotatable bonds is 6. The average Bonchev–Trinajstić information content (AvgIpc) is 2.92. The first-order valence-corrected chi connectivity index (χ1v) is 9.37. The zero-order valence-corrected chi connectivity index (χ0v) is 16.4. The summed E-state index contributed by atoms with van der Waals surface area (Å²) in [6.45, 7) is 11.0. The summed E-state index contributed by atoms with van der Waals surface area (Å²) in [6.07, 6.45) is 0.908. The molecule has 6 nitrogen and oxygen atoms in total. The Morgan fingerprint density at radius 2 is 1.92 bits per heavy atom. The third kappa shape index (κ3) is 4.75. The molecule has 1 amide bonds. The van der Waals surface area contributed by atoms with Crippen molar-refractivity contribution in [1.82, 2.24) is 20.2 Å². The second-order valence-corrected chi connectivity index (χ2v) is 8.36. The molecule has 3 N–H and O–H groups in total. The normalized spacial score (nSPS) is 12.8. The number of hydrogen-bond donors (Lipinski definition) is 2. The number of benzene rings is 1. The van der Waals surface area contributed by atoms with Crippen molar-refractivity contribution in [1.29, 1.82) is 0 Å². The van der Waals surface area contributed by atoms with Crippen LogP contribution in [-0.4, -0.2) is 32.6 Å². The van der Waals surface area contributed by atoms with E-state index in [0.717, 1.165) is 12.0 Å². The monoisotopic (exact) mass is 361 g/mol. The van der Waals surface area contributed by atoms with Gasteiger partial charge in [-0.05, 0) is 24.3 Å².